The van der Waals surface area contributed by atoms with Crippen molar-refractivity contribution >= 4 is 21.5 Å². The normalized spacial score (nSPS) is 14.4. The molecule has 10 aromatic carbocycles. The van der Waals surface area contributed by atoms with Gasteiger partial charge in [0.25, 0.3) is 0 Å². The van der Waals surface area contributed by atoms with E-state index < -0.39 is 5.41 Å². The quantitative estimate of drug-likeness (QED) is 0.162. The first kappa shape index (κ1) is 35.5. The van der Waals surface area contributed by atoms with E-state index in [4.69, 9.17) is 9.97 Å². The molecule has 11 aromatic rings. The van der Waals surface area contributed by atoms with Crippen LogP contribution in [0.25, 0.3) is 100.0 Å². The molecule has 0 radical (unpaired) electrons. The highest BCUT2D eigenvalue weighted by molar-refractivity contribution is 6.20. The van der Waals surface area contributed by atoms with Crippen molar-refractivity contribution in [3.8, 4) is 78.4 Å². The summed E-state index contributed by atoms with van der Waals surface area (Å²) in [4.78, 5) is 10.8. The molecule has 0 saturated carbocycles. The first-order chi connectivity index (χ1) is 31.2. The van der Waals surface area contributed by atoms with Gasteiger partial charge in [0.2, 0.25) is 0 Å². The third-order valence-corrected chi connectivity index (χ3v) is 13.5. The molecule has 2 aliphatic carbocycles. The Hall–Kier alpha value is -8.20. The number of fused-ring (bicyclic) bond motifs is 15. The van der Waals surface area contributed by atoms with Crippen molar-refractivity contribution < 1.29 is 0 Å². The van der Waals surface area contributed by atoms with E-state index in [0.29, 0.717) is 5.82 Å². The average molecular weight is 799 g/mol. The number of nitrogens with zero attached hydrogens (tertiary/aromatic N) is 2. The molecule has 13 rings (SSSR count). The lowest BCUT2D eigenvalue weighted by atomic mass is 9.69. The van der Waals surface area contributed by atoms with Gasteiger partial charge in [-0.1, -0.05) is 212 Å². The highest BCUT2D eigenvalue weighted by atomic mass is 14.9. The second kappa shape index (κ2) is 13.9. The topological polar surface area (TPSA) is 25.8 Å². The highest BCUT2D eigenvalue weighted by Crippen LogP contribution is 2.65. The predicted octanol–water partition coefficient (Wildman–Crippen LogP) is 15.5. The number of rotatable bonds is 5. The monoisotopic (exact) mass is 798 g/mol. The third-order valence-electron chi connectivity index (χ3n) is 13.5. The molecule has 0 saturated heterocycles. The Labute approximate surface area is 366 Å². The Bertz CT molecular complexity index is 3610. The lowest BCUT2D eigenvalue weighted by Gasteiger charge is -2.32. The molecule has 292 valence electrons. The number of hydrogen-bond acceptors (Lipinski definition) is 2. The molecule has 63 heavy (non-hydrogen) atoms. The summed E-state index contributed by atoms with van der Waals surface area (Å²) in [5.74, 6) is 0.694. The molecule has 0 aliphatic heterocycles. The van der Waals surface area contributed by atoms with Gasteiger partial charge in [-0.05, 0) is 107 Å². The Morgan fingerprint density at radius 3 is 1.44 bits per heavy atom. The summed E-state index contributed by atoms with van der Waals surface area (Å²) in [7, 11) is 0. The van der Waals surface area contributed by atoms with E-state index in [1.165, 1.54) is 77.2 Å². The molecule has 2 nitrogen and oxygen atoms in total. The van der Waals surface area contributed by atoms with Crippen LogP contribution in [-0.4, -0.2) is 9.97 Å². The molecular formula is C61H38N2. The lowest BCUT2D eigenvalue weighted by Crippen LogP contribution is -2.26. The van der Waals surface area contributed by atoms with Crippen LogP contribution in [0.5, 0.6) is 0 Å². The van der Waals surface area contributed by atoms with E-state index in [2.05, 4.69) is 231 Å². The van der Waals surface area contributed by atoms with Crippen molar-refractivity contribution in [1.82, 2.24) is 9.97 Å². The smallest absolute Gasteiger partial charge is 0.160 e. The molecule has 1 heterocycles. The van der Waals surface area contributed by atoms with Gasteiger partial charge in [0.1, 0.15) is 0 Å². The minimum absolute atomic E-state index is 0.548. The van der Waals surface area contributed by atoms with Crippen molar-refractivity contribution in [2.45, 2.75) is 5.41 Å². The van der Waals surface area contributed by atoms with Crippen LogP contribution >= 0.6 is 0 Å². The Morgan fingerprint density at radius 1 is 0.270 bits per heavy atom. The van der Waals surface area contributed by atoms with Gasteiger partial charge in [0, 0.05) is 16.7 Å². The van der Waals surface area contributed by atoms with Crippen molar-refractivity contribution in [3.05, 3.63) is 253 Å². The van der Waals surface area contributed by atoms with Crippen LogP contribution < -0.4 is 0 Å². The zero-order chi connectivity index (χ0) is 41.5. The summed E-state index contributed by atoms with van der Waals surface area (Å²) in [5.41, 5.74) is 19.4. The molecule has 1 unspecified atom stereocenters. The van der Waals surface area contributed by atoms with Crippen LogP contribution in [0.15, 0.2) is 231 Å². The Kier molecular flexibility index (Phi) is 7.85. The number of benzene rings is 10. The zero-order valence-electron chi connectivity index (χ0n) is 34.3. The number of hydrogen-bond donors (Lipinski definition) is 0. The molecule has 1 aromatic heterocycles. The Balaban J connectivity index is 1.06. The standard InChI is InChI=1S/C61H38N2/c1-3-16-39(17-4-1)41-30-32-42(33-31-41)60-62-56(44-21-15-20-43(36-44)40-18-5-2-6-19-40)38-57(63-60)45-34-35-49-48-24-11-13-28-53(48)61(55(49)37-45)54-29-14-12-27-52(54)58-50-25-9-7-22-46(50)47-23-8-10-26-51(47)59(58)61/h1-38H. The van der Waals surface area contributed by atoms with Crippen LogP contribution in [0.3, 0.4) is 0 Å². The van der Waals surface area contributed by atoms with Gasteiger partial charge in [-0.2, -0.15) is 0 Å². The summed E-state index contributed by atoms with van der Waals surface area (Å²) >= 11 is 0. The molecule has 1 spiro atoms. The minimum Gasteiger partial charge on any atom is -0.228 e. The molecule has 2 aliphatic rings. The molecular weight excluding hydrogens is 761 g/mol. The van der Waals surface area contributed by atoms with Crippen LogP contribution in [0.2, 0.25) is 0 Å². The van der Waals surface area contributed by atoms with E-state index in [9.17, 15) is 0 Å². The van der Waals surface area contributed by atoms with Gasteiger partial charge in [-0.3, -0.25) is 0 Å². The van der Waals surface area contributed by atoms with Gasteiger partial charge < -0.3 is 0 Å². The maximum absolute atomic E-state index is 5.44. The van der Waals surface area contributed by atoms with Crippen molar-refractivity contribution in [2.75, 3.05) is 0 Å². The van der Waals surface area contributed by atoms with Gasteiger partial charge in [-0.25, -0.2) is 9.97 Å². The largest absolute Gasteiger partial charge is 0.228 e. The summed E-state index contributed by atoms with van der Waals surface area (Å²) in [6, 6.07) is 83.9. The molecule has 0 bridgehead atoms. The van der Waals surface area contributed by atoms with Gasteiger partial charge in [-0.15, -0.1) is 0 Å². The maximum atomic E-state index is 5.44. The van der Waals surface area contributed by atoms with Crippen molar-refractivity contribution in [2.24, 2.45) is 0 Å². The van der Waals surface area contributed by atoms with Gasteiger partial charge in [0.15, 0.2) is 5.82 Å². The highest BCUT2D eigenvalue weighted by Gasteiger charge is 2.53. The first-order valence-corrected chi connectivity index (χ1v) is 21.7. The fourth-order valence-electron chi connectivity index (χ4n) is 10.8. The van der Waals surface area contributed by atoms with E-state index in [-0.39, 0.29) is 0 Å². The maximum Gasteiger partial charge on any atom is 0.160 e. The fraction of sp³-hybridized carbons (Fsp3) is 0.0164. The molecule has 0 fully saturated rings. The fourth-order valence-corrected chi connectivity index (χ4v) is 10.8. The zero-order valence-corrected chi connectivity index (χ0v) is 34.3. The molecule has 2 heteroatoms. The second-order valence-corrected chi connectivity index (χ2v) is 16.8. The number of aromatic nitrogens is 2. The van der Waals surface area contributed by atoms with Crippen LogP contribution in [0, 0.1) is 0 Å². The second-order valence-electron chi connectivity index (χ2n) is 16.8. The van der Waals surface area contributed by atoms with Crippen LogP contribution in [0.1, 0.15) is 22.3 Å². The SMILES string of the molecule is c1ccc(-c2ccc(-c3nc(-c4cccc(-c5ccccc5)c4)cc(-c4ccc5c(c4)C4(c6ccccc6-5)c5ccccc5-c5c4c4ccccc4c4ccccc54)n3)cc2)cc1. The van der Waals surface area contributed by atoms with Crippen molar-refractivity contribution in [1.29, 1.82) is 0 Å². The molecule has 0 N–H and O–H groups in total. The van der Waals surface area contributed by atoms with E-state index >= 15 is 0 Å². The summed E-state index contributed by atoms with van der Waals surface area (Å²) in [6.45, 7) is 0. The van der Waals surface area contributed by atoms with Gasteiger partial charge in [0.05, 0.1) is 16.8 Å². The summed E-state index contributed by atoms with van der Waals surface area (Å²) in [5, 5.41) is 5.15. The lowest BCUT2D eigenvalue weighted by molar-refractivity contribution is 0.802. The third kappa shape index (κ3) is 5.32. The molecule has 0 amide bonds. The van der Waals surface area contributed by atoms with E-state index in [1.807, 2.05) is 0 Å². The summed E-state index contributed by atoms with van der Waals surface area (Å²) < 4.78 is 0. The average Bonchev–Trinajstić information content (AvgIpc) is 3.84. The van der Waals surface area contributed by atoms with E-state index in [0.717, 1.165) is 39.2 Å². The van der Waals surface area contributed by atoms with Crippen molar-refractivity contribution in [3.63, 3.8) is 0 Å². The predicted molar refractivity (Wildman–Crippen MR) is 261 cm³/mol. The van der Waals surface area contributed by atoms with Gasteiger partial charge >= 0.3 is 0 Å². The minimum atomic E-state index is -0.548. The first-order valence-electron chi connectivity index (χ1n) is 21.7. The molecule has 1 atom stereocenters. The van der Waals surface area contributed by atoms with E-state index in [1.54, 1.807) is 0 Å². The summed E-state index contributed by atoms with van der Waals surface area (Å²) in [6.07, 6.45) is 0. The van der Waals surface area contributed by atoms with Crippen LogP contribution in [-0.2, 0) is 5.41 Å². The Morgan fingerprint density at radius 2 is 0.730 bits per heavy atom. The van der Waals surface area contributed by atoms with Crippen LogP contribution in [0.4, 0.5) is 0 Å².